The summed E-state index contributed by atoms with van der Waals surface area (Å²) in [5.74, 6) is 2.18. The van der Waals surface area contributed by atoms with E-state index in [4.69, 9.17) is 0 Å². The van der Waals surface area contributed by atoms with Gasteiger partial charge < -0.3 is 15.1 Å². The monoisotopic (exact) mass is 261 g/mol. The van der Waals surface area contributed by atoms with Gasteiger partial charge in [0.2, 0.25) is 0 Å². The smallest absolute Gasteiger partial charge is 0.134 e. The fraction of sp³-hybridized carbons (Fsp3) is 0.714. The summed E-state index contributed by atoms with van der Waals surface area (Å²) in [6, 6.07) is 2.16. The number of anilines is 2. The highest BCUT2D eigenvalue weighted by Gasteiger charge is 2.15. The molecule has 0 unspecified atom stereocenters. The van der Waals surface area contributed by atoms with Gasteiger partial charge in [0.15, 0.2) is 0 Å². The van der Waals surface area contributed by atoms with Crippen molar-refractivity contribution < 1.29 is 0 Å². The number of hydrogen-bond acceptors (Lipinski definition) is 5. The highest BCUT2D eigenvalue weighted by molar-refractivity contribution is 5.50. The van der Waals surface area contributed by atoms with E-state index in [0.717, 1.165) is 50.9 Å². The van der Waals surface area contributed by atoms with Gasteiger partial charge in [-0.15, -0.1) is 0 Å². The molecule has 0 aromatic carbocycles. The van der Waals surface area contributed by atoms with E-state index in [2.05, 4.69) is 31.2 Å². The van der Waals surface area contributed by atoms with Gasteiger partial charge in [-0.1, -0.05) is 12.8 Å². The summed E-state index contributed by atoms with van der Waals surface area (Å²) in [6.45, 7) is 6.44. The minimum Gasteiger partial charge on any atom is -0.356 e. The standard InChI is InChI=1S/C14H23N5/c1-2-4-8-18(7-3-1)13-11-14(17-12-16-13)19-9-5-15-6-10-19/h11-12,15H,1-10H2. The Morgan fingerprint density at radius 2 is 1.37 bits per heavy atom. The third-order valence-corrected chi connectivity index (χ3v) is 4.01. The molecule has 0 saturated carbocycles. The van der Waals surface area contributed by atoms with E-state index in [1.54, 1.807) is 6.33 Å². The average Bonchev–Trinajstić information content (AvgIpc) is 2.77. The van der Waals surface area contributed by atoms with Gasteiger partial charge in [-0.05, 0) is 12.8 Å². The molecule has 2 aliphatic rings. The molecule has 0 radical (unpaired) electrons. The van der Waals surface area contributed by atoms with Gasteiger partial charge in [0.05, 0.1) is 0 Å². The van der Waals surface area contributed by atoms with Gasteiger partial charge in [0.1, 0.15) is 18.0 Å². The fourth-order valence-electron chi connectivity index (χ4n) is 2.88. The van der Waals surface area contributed by atoms with Crippen LogP contribution in [0.5, 0.6) is 0 Å². The predicted octanol–water partition coefficient (Wildman–Crippen LogP) is 1.27. The molecule has 2 aliphatic heterocycles. The number of aromatic nitrogens is 2. The first-order valence-electron chi connectivity index (χ1n) is 7.46. The molecule has 0 bridgehead atoms. The molecular weight excluding hydrogens is 238 g/mol. The quantitative estimate of drug-likeness (QED) is 0.868. The molecule has 0 atom stereocenters. The van der Waals surface area contributed by atoms with Gasteiger partial charge in [-0.3, -0.25) is 0 Å². The van der Waals surface area contributed by atoms with E-state index in [-0.39, 0.29) is 0 Å². The Morgan fingerprint density at radius 1 is 0.789 bits per heavy atom. The van der Waals surface area contributed by atoms with Crippen LogP contribution in [0.2, 0.25) is 0 Å². The predicted molar refractivity (Wildman–Crippen MR) is 77.8 cm³/mol. The topological polar surface area (TPSA) is 44.3 Å². The second-order valence-corrected chi connectivity index (χ2v) is 5.37. The molecule has 0 amide bonds. The van der Waals surface area contributed by atoms with Crippen LogP contribution >= 0.6 is 0 Å². The lowest BCUT2D eigenvalue weighted by atomic mass is 10.2. The van der Waals surface area contributed by atoms with Crippen LogP contribution < -0.4 is 15.1 Å². The van der Waals surface area contributed by atoms with Crippen molar-refractivity contribution in [1.29, 1.82) is 0 Å². The molecule has 1 aromatic rings. The number of hydrogen-bond donors (Lipinski definition) is 1. The lowest BCUT2D eigenvalue weighted by Gasteiger charge is -2.29. The minimum atomic E-state index is 1.04. The zero-order valence-corrected chi connectivity index (χ0v) is 11.5. The van der Waals surface area contributed by atoms with Gasteiger partial charge in [0, 0.05) is 45.3 Å². The summed E-state index contributed by atoms with van der Waals surface area (Å²) in [7, 11) is 0. The van der Waals surface area contributed by atoms with Crippen molar-refractivity contribution in [2.75, 3.05) is 49.1 Å². The third-order valence-electron chi connectivity index (χ3n) is 4.01. The summed E-state index contributed by atoms with van der Waals surface area (Å²) < 4.78 is 0. The molecule has 3 heterocycles. The molecule has 5 heteroatoms. The van der Waals surface area contributed by atoms with Crippen molar-refractivity contribution in [2.45, 2.75) is 25.7 Å². The van der Waals surface area contributed by atoms with E-state index in [0.29, 0.717) is 0 Å². The van der Waals surface area contributed by atoms with Crippen LogP contribution in [0.25, 0.3) is 0 Å². The van der Waals surface area contributed by atoms with Crippen molar-refractivity contribution in [2.24, 2.45) is 0 Å². The number of nitrogens with one attached hydrogen (secondary N) is 1. The van der Waals surface area contributed by atoms with Crippen molar-refractivity contribution in [3.05, 3.63) is 12.4 Å². The second kappa shape index (κ2) is 6.19. The number of piperazine rings is 1. The lowest BCUT2D eigenvalue weighted by molar-refractivity contribution is 0.584. The van der Waals surface area contributed by atoms with Crippen molar-refractivity contribution in [3.8, 4) is 0 Å². The first kappa shape index (κ1) is 12.7. The Kier molecular flexibility index (Phi) is 4.13. The normalized spacial score (nSPS) is 21.3. The summed E-state index contributed by atoms with van der Waals surface area (Å²) in [6.07, 6.45) is 7.00. The van der Waals surface area contributed by atoms with Gasteiger partial charge in [0.25, 0.3) is 0 Å². The molecule has 1 N–H and O–H groups in total. The second-order valence-electron chi connectivity index (χ2n) is 5.37. The maximum absolute atomic E-state index is 4.47. The van der Waals surface area contributed by atoms with E-state index < -0.39 is 0 Å². The SMILES string of the molecule is c1nc(N2CCCCCC2)cc(N2CCNCC2)n1. The van der Waals surface area contributed by atoms with Crippen LogP contribution in [0, 0.1) is 0 Å². The Hall–Kier alpha value is -1.36. The zero-order valence-electron chi connectivity index (χ0n) is 11.5. The van der Waals surface area contributed by atoms with E-state index in [1.807, 2.05) is 0 Å². The minimum absolute atomic E-state index is 1.04. The van der Waals surface area contributed by atoms with Crippen LogP contribution in [0.1, 0.15) is 25.7 Å². The molecule has 0 aliphatic carbocycles. The maximum Gasteiger partial charge on any atom is 0.134 e. The van der Waals surface area contributed by atoms with Gasteiger partial charge in [-0.25, -0.2) is 9.97 Å². The molecule has 3 rings (SSSR count). The summed E-state index contributed by atoms with van der Waals surface area (Å²) >= 11 is 0. The van der Waals surface area contributed by atoms with Gasteiger partial charge in [-0.2, -0.15) is 0 Å². The zero-order chi connectivity index (χ0) is 12.9. The number of rotatable bonds is 2. The van der Waals surface area contributed by atoms with Crippen LogP contribution in [0.4, 0.5) is 11.6 Å². The lowest BCUT2D eigenvalue weighted by Crippen LogP contribution is -2.44. The largest absolute Gasteiger partial charge is 0.356 e. The molecule has 104 valence electrons. The van der Waals surface area contributed by atoms with Crippen molar-refractivity contribution in [3.63, 3.8) is 0 Å². The molecule has 2 fully saturated rings. The van der Waals surface area contributed by atoms with Crippen LogP contribution in [-0.2, 0) is 0 Å². The Morgan fingerprint density at radius 3 is 2.00 bits per heavy atom. The first-order chi connectivity index (χ1) is 9.43. The Balaban J connectivity index is 1.74. The molecule has 1 aromatic heterocycles. The van der Waals surface area contributed by atoms with Crippen molar-refractivity contribution >= 4 is 11.6 Å². The molecule has 0 spiro atoms. The van der Waals surface area contributed by atoms with Gasteiger partial charge >= 0.3 is 0 Å². The Labute approximate surface area is 115 Å². The maximum atomic E-state index is 4.47. The van der Waals surface area contributed by atoms with Crippen molar-refractivity contribution in [1.82, 2.24) is 15.3 Å². The van der Waals surface area contributed by atoms with Crippen LogP contribution in [-0.4, -0.2) is 49.2 Å². The highest BCUT2D eigenvalue weighted by atomic mass is 15.3. The van der Waals surface area contributed by atoms with Crippen LogP contribution in [0.3, 0.4) is 0 Å². The summed E-state index contributed by atoms with van der Waals surface area (Å²) in [4.78, 5) is 13.7. The summed E-state index contributed by atoms with van der Waals surface area (Å²) in [5.41, 5.74) is 0. The molecule has 5 nitrogen and oxygen atoms in total. The summed E-state index contributed by atoms with van der Waals surface area (Å²) in [5, 5.41) is 3.38. The first-order valence-corrected chi connectivity index (χ1v) is 7.46. The fourth-order valence-corrected chi connectivity index (χ4v) is 2.88. The molecule has 19 heavy (non-hydrogen) atoms. The molecule has 2 saturated heterocycles. The molecular formula is C14H23N5. The van der Waals surface area contributed by atoms with E-state index in [1.165, 1.54) is 25.7 Å². The third kappa shape index (κ3) is 3.15. The number of nitrogens with zero attached hydrogens (tertiary/aromatic N) is 4. The Bertz CT molecular complexity index is 395. The highest BCUT2D eigenvalue weighted by Crippen LogP contribution is 2.21. The average molecular weight is 261 g/mol. The van der Waals surface area contributed by atoms with E-state index >= 15 is 0 Å². The van der Waals surface area contributed by atoms with E-state index in [9.17, 15) is 0 Å². The van der Waals surface area contributed by atoms with Crippen LogP contribution in [0.15, 0.2) is 12.4 Å².